The van der Waals surface area contributed by atoms with Crippen molar-refractivity contribution in [2.45, 2.75) is 25.6 Å². The van der Waals surface area contributed by atoms with E-state index in [0.717, 1.165) is 12.1 Å². The minimum atomic E-state index is -4.66. The van der Waals surface area contributed by atoms with Gasteiger partial charge in [-0.1, -0.05) is 6.07 Å². The van der Waals surface area contributed by atoms with E-state index in [9.17, 15) is 28.1 Å². The van der Waals surface area contributed by atoms with E-state index in [1.54, 1.807) is 29.3 Å². The molecule has 2 aromatic rings. The summed E-state index contributed by atoms with van der Waals surface area (Å²) in [5, 5.41) is 11.3. The molecule has 0 N–H and O–H groups in total. The molecule has 1 aliphatic rings. The summed E-state index contributed by atoms with van der Waals surface area (Å²) in [7, 11) is 0. The number of piperidine rings is 1. The normalized spacial score (nSPS) is 15.2. The Bertz CT molecular complexity index is 882. The lowest BCUT2D eigenvalue weighted by Gasteiger charge is -2.32. The molecule has 0 amide bonds. The van der Waals surface area contributed by atoms with Crippen molar-refractivity contribution in [2.75, 3.05) is 18.0 Å². The van der Waals surface area contributed by atoms with Crippen LogP contribution in [0.15, 0.2) is 42.6 Å². The number of halogens is 3. The predicted molar refractivity (Wildman–Crippen MR) is 97.1 cm³/mol. The van der Waals surface area contributed by atoms with Crippen molar-refractivity contribution in [2.24, 2.45) is 5.92 Å². The van der Waals surface area contributed by atoms with E-state index in [4.69, 9.17) is 4.74 Å². The highest BCUT2D eigenvalue weighted by Crippen LogP contribution is 2.37. The summed E-state index contributed by atoms with van der Waals surface area (Å²) >= 11 is 0. The first-order valence-corrected chi connectivity index (χ1v) is 8.93. The van der Waals surface area contributed by atoms with Crippen molar-refractivity contribution in [3.05, 3.63) is 64.0 Å². The summed E-state index contributed by atoms with van der Waals surface area (Å²) in [6, 6.07) is 7.76. The van der Waals surface area contributed by atoms with Crippen LogP contribution in [0.4, 0.5) is 24.5 Å². The third-order valence-electron chi connectivity index (χ3n) is 4.76. The van der Waals surface area contributed by atoms with E-state index in [1.807, 2.05) is 0 Å². The standard InChI is InChI=1S/C19H18F3N3O4/c20-19(21,22)14-4-5-16(17(11-14)25(27)28)24-9-6-13(7-10-24)18(26)29-12-15-3-1-2-8-23-15/h1-5,8,11,13H,6-7,9-10,12H2. The highest BCUT2D eigenvalue weighted by atomic mass is 19.4. The van der Waals surface area contributed by atoms with Crippen LogP contribution in [0, 0.1) is 16.0 Å². The number of benzene rings is 1. The molecule has 0 atom stereocenters. The topological polar surface area (TPSA) is 85.6 Å². The molecule has 10 heteroatoms. The van der Waals surface area contributed by atoms with Crippen LogP contribution < -0.4 is 4.90 Å². The molecule has 0 aliphatic carbocycles. The van der Waals surface area contributed by atoms with Gasteiger partial charge < -0.3 is 9.64 Å². The number of aromatic nitrogens is 1. The van der Waals surface area contributed by atoms with Crippen LogP contribution in [0.3, 0.4) is 0 Å². The second kappa shape index (κ2) is 8.46. The molecule has 7 nitrogen and oxygen atoms in total. The van der Waals surface area contributed by atoms with E-state index in [1.165, 1.54) is 0 Å². The summed E-state index contributed by atoms with van der Waals surface area (Å²) in [4.78, 5) is 28.4. The van der Waals surface area contributed by atoms with E-state index in [0.29, 0.717) is 37.7 Å². The number of anilines is 1. The lowest BCUT2D eigenvalue weighted by atomic mass is 9.96. The Morgan fingerprint density at radius 1 is 1.24 bits per heavy atom. The fourth-order valence-electron chi connectivity index (χ4n) is 3.22. The first kappa shape index (κ1) is 20.6. The maximum Gasteiger partial charge on any atom is 0.416 e. The Morgan fingerprint density at radius 3 is 2.55 bits per heavy atom. The highest BCUT2D eigenvalue weighted by Gasteiger charge is 2.35. The minimum Gasteiger partial charge on any atom is -0.459 e. The molecule has 1 aromatic carbocycles. The summed E-state index contributed by atoms with van der Waals surface area (Å²) in [6.45, 7) is 0.662. The van der Waals surface area contributed by atoms with E-state index in [2.05, 4.69) is 4.98 Å². The van der Waals surface area contributed by atoms with Gasteiger partial charge in [0.2, 0.25) is 0 Å². The number of alkyl halides is 3. The number of carbonyl (C=O) groups excluding carboxylic acids is 1. The van der Waals surface area contributed by atoms with Gasteiger partial charge >= 0.3 is 12.1 Å². The molecule has 1 aliphatic heterocycles. The van der Waals surface area contributed by atoms with Gasteiger partial charge in [0, 0.05) is 25.4 Å². The fourth-order valence-corrected chi connectivity index (χ4v) is 3.22. The number of carbonyl (C=O) groups is 1. The first-order valence-electron chi connectivity index (χ1n) is 8.93. The van der Waals surface area contributed by atoms with Gasteiger partial charge in [-0.25, -0.2) is 0 Å². The van der Waals surface area contributed by atoms with Crippen molar-refractivity contribution in [1.29, 1.82) is 0 Å². The number of ether oxygens (including phenoxy) is 1. The van der Waals surface area contributed by atoms with E-state index >= 15 is 0 Å². The van der Waals surface area contributed by atoms with Crippen LogP contribution in [-0.2, 0) is 22.3 Å². The van der Waals surface area contributed by atoms with Gasteiger partial charge in [-0.3, -0.25) is 19.9 Å². The monoisotopic (exact) mass is 409 g/mol. The Kier molecular flexibility index (Phi) is 6.00. The van der Waals surface area contributed by atoms with Gasteiger partial charge in [0.05, 0.1) is 22.1 Å². The molecular formula is C19H18F3N3O4. The van der Waals surface area contributed by atoms with Crippen molar-refractivity contribution < 1.29 is 27.6 Å². The Labute approximate surface area is 164 Å². The SMILES string of the molecule is O=C(OCc1ccccn1)C1CCN(c2ccc(C(F)(F)F)cc2[N+](=O)[O-])CC1. The number of nitro benzene ring substituents is 1. The van der Waals surface area contributed by atoms with Crippen molar-refractivity contribution in [1.82, 2.24) is 4.98 Å². The zero-order valence-corrected chi connectivity index (χ0v) is 15.3. The zero-order valence-electron chi connectivity index (χ0n) is 15.3. The molecule has 2 heterocycles. The van der Waals surface area contributed by atoms with Crippen LogP contribution in [-0.4, -0.2) is 29.0 Å². The summed E-state index contributed by atoms with van der Waals surface area (Å²) in [5.41, 5.74) is -0.932. The average Bonchev–Trinajstić information content (AvgIpc) is 2.71. The molecule has 154 valence electrons. The lowest BCUT2D eigenvalue weighted by Crippen LogP contribution is -2.37. The maximum absolute atomic E-state index is 12.8. The number of esters is 1. The molecule has 29 heavy (non-hydrogen) atoms. The lowest BCUT2D eigenvalue weighted by molar-refractivity contribution is -0.384. The molecule has 1 saturated heterocycles. The van der Waals surface area contributed by atoms with E-state index < -0.39 is 22.4 Å². The van der Waals surface area contributed by atoms with Gasteiger partial charge in [0.15, 0.2) is 0 Å². The Hall–Kier alpha value is -3.17. The van der Waals surface area contributed by atoms with Gasteiger partial charge in [0.1, 0.15) is 12.3 Å². The van der Waals surface area contributed by atoms with Crippen molar-refractivity contribution in [3.8, 4) is 0 Å². The highest BCUT2D eigenvalue weighted by molar-refractivity contribution is 5.73. The summed E-state index contributed by atoms with van der Waals surface area (Å²) in [6.07, 6.45) is -2.29. The summed E-state index contributed by atoms with van der Waals surface area (Å²) in [5.74, 6) is -0.749. The van der Waals surface area contributed by atoms with Gasteiger partial charge in [-0.2, -0.15) is 13.2 Å². The molecule has 1 fully saturated rings. The third-order valence-corrected chi connectivity index (χ3v) is 4.76. The zero-order chi connectivity index (χ0) is 21.0. The Morgan fingerprint density at radius 2 is 1.97 bits per heavy atom. The minimum absolute atomic E-state index is 0.0598. The molecule has 0 radical (unpaired) electrons. The molecule has 0 unspecified atom stereocenters. The third kappa shape index (κ3) is 5.01. The maximum atomic E-state index is 12.8. The quantitative estimate of drug-likeness (QED) is 0.422. The van der Waals surface area contributed by atoms with Crippen LogP contribution in [0.5, 0.6) is 0 Å². The largest absolute Gasteiger partial charge is 0.459 e. The van der Waals surface area contributed by atoms with Crippen LogP contribution in [0.25, 0.3) is 0 Å². The van der Waals surface area contributed by atoms with Crippen molar-refractivity contribution in [3.63, 3.8) is 0 Å². The second-order valence-electron chi connectivity index (χ2n) is 6.65. The molecule has 3 rings (SSSR count). The van der Waals surface area contributed by atoms with Crippen LogP contribution in [0.1, 0.15) is 24.1 Å². The number of hydrogen-bond donors (Lipinski definition) is 0. The number of hydrogen-bond acceptors (Lipinski definition) is 6. The van der Waals surface area contributed by atoms with Gasteiger partial charge in [-0.05, 0) is 37.1 Å². The molecule has 1 aromatic heterocycles. The number of nitrogens with zero attached hydrogens (tertiary/aromatic N) is 3. The fraction of sp³-hybridized carbons (Fsp3) is 0.368. The first-order chi connectivity index (χ1) is 13.8. The Balaban J connectivity index is 1.63. The molecule has 0 bridgehead atoms. The van der Waals surface area contributed by atoms with Crippen molar-refractivity contribution >= 4 is 17.3 Å². The van der Waals surface area contributed by atoms with E-state index in [-0.39, 0.29) is 24.2 Å². The number of nitro groups is 1. The average molecular weight is 409 g/mol. The second-order valence-corrected chi connectivity index (χ2v) is 6.65. The number of rotatable bonds is 5. The summed E-state index contributed by atoms with van der Waals surface area (Å²) < 4.78 is 43.8. The molecule has 0 saturated carbocycles. The van der Waals surface area contributed by atoms with Gasteiger partial charge in [-0.15, -0.1) is 0 Å². The smallest absolute Gasteiger partial charge is 0.416 e. The molecule has 0 spiro atoms. The van der Waals surface area contributed by atoms with Gasteiger partial charge in [0.25, 0.3) is 5.69 Å². The molecular weight excluding hydrogens is 391 g/mol. The predicted octanol–water partition coefficient (Wildman–Crippen LogP) is 3.97. The van der Waals surface area contributed by atoms with Crippen LogP contribution >= 0.6 is 0 Å². The number of pyridine rings is 1. The van der Waals surface area contributed by atoms with Crippen LogP contribution in [0.2, 0.25) is 0 Å².